The SMILES string of the molecule is CN1CCC(CNCC#N)CC1. The molecule has 0 saturated carbocycles. The van der Waals surface area contributed by atoms with Crippen molar-refractivity contribution in [1.29, 1.82) is 5.26 Å². The molecule has 1 heterocycles. The minimum atomic E-state index is 0.492. The fraction of sp³-hybridized carbons (Fsp3) is 0.889. The second-order valence-corrected chi connectivity index (χ2v) is 3.54. The number of nitrogens with zero attached hydrogens (tertiary/aromatic N) is 2. The molecule has 0 bridgehead atoms. The summed E-state index contributed by atoms with van der Waals surface area (Å²) in [7, 11) is 2.17. The molecule has 1 aliphatic rings. The van der Waals surface area contributed by atoms with Crippen molar-refractivity contribution in [2.75, 3.05) is 33.2 Å². The van der Waals surface area contributed by atoms with Crippen LogP contribution < -0.4 is 5.32 Å². The van der Waals surface area contributed by atoms with Crippen LogP contribution in [-0.4, -0.2) is 38.1 Å². The highest BCUT2D eigenvalue weighted by atomic mass is 15.1. The van der Waals surface area contributed by atoms with Crippen molar-refractivity contribution in [3.8, 4) is 6.07 Å². The van der Waals surface area contributed by atoms with Gasteiger partial charge in [-0.15, -0.1) is 0 Å². The maximum Gasteiger partial charge on any atom is 0.0841 e. The number of nitriles is 1. The van der Waals surface area contributed by atoms with Gasteiger partial charge in [-0.05, 0) is 45.4 Å². The van der Waals surface area contributed by atoms with Gasteiger partial charge in [-0.3, -0.25) is 0 Å². The van der Waals surface area contributed by atoms with E-state index in [4.69, 9.17) is 5.26 Å². The lowest BCUT2D eigenvalue weighted by atomic mass is 9.97. The second-order valence-electron chi connectivity index (χ2n) is 3.54. The normalized spacial score (nSPS) is 20.7. The van der Waals surface area contributed by atoms with Gasteiger partial charge in [0.05, 0.1) is 12.6 Å². The largest absolute Gasteiger partial charge is 0.306 e. The topological polar surface area (TPSA) is 39.1 Å². The molecular formula is C9H17N3. The van der Waals surface area contributed by atoms with Crippen molar-refractivity contribution in [1.82, 2.24) is 10.2 Å². The molecule has 3 nitrogen and oxygen atoms in total. The van der Waals surface area contributed by atoms with Crippen molar-refractivity contribution in [3.63, 3.8) is 0 Å². The number of likely N-dealkylation sites (tertiary alicyclic amines) is 1. The average Bonchev–Trinajstić information content (AvgIpc) is 2.09. The van der Waals surface area contributed by atoms with Gasteiger partial charge in [0, 0.05) is 0 Å². The van der Waals surface area contributed by atoms with E-state index in [9.17, 15) is 0 Å². The summed E-state index contributed by atoms with van der Waals surface area (Å²) in [5.41, 5.74) is 0. The molecule has 3 heteroatoms. The Morgan fingerprint density at radius 1 is 1.50 bits per heavy atom. The van der Waals surface area contributed by atoms with E-state index in [1.165, 1.54) is 25.9 Å². The molecule has 1 fully saturated rings. The van der Waals surface area contributed by atoms with Gasteiger partial charge in [0.1, 0.15) is 0 Å². The van der Waals surface area contributed by atoms with Crippen LogP contribution >= 0.6 is 0 Å². The molecule has 1 aliphatic heterocycles. The highest BCUT2D eigenvalue weighted by molar-refractivity contribution is 4.76. The molecule has 0 aromatic carbocycles. The van der Waals surface area contributed by atoms with Crippen LogP contribution in [0.3, 0.4) is 0 Å². The number of nitrogens with one attached hydrogen (secondary N) is 1. The molecular weight excluding hydrogens is 150 g/mol. The summed E-state index contributed by atoms with van der Waals surface area (Å²) >= 11 is 0. The van der Waals surface area contributed by atoms with Gasteiger partial charge in [-0.2, -0.15) is 5.26 Å². The Morgan fingerprint density at radius 3 is 2.75 bits per heavy atom. The summed E-state index contributed by atoms with van der Waals surface area (Å²) in [6.07, 6.45) is 2.55. The zero-order chi connectivity index (χ0) is 8.81. The first-order chi connectivity index (χ1) is 5.83. The summed E-state index contributed by atoms with van der Waals surface area (Å²) in [5.74, 6) is 0.787. The van der Waals surface area contributed by atoms with Crippen LogP contribution in [-0.2, 0) is 0 Å². The molecule has 0 radical (unpaired) electrons. The first-order valence-corrected chi connectivity index (χ1v) is 4.59. The first kappa shape index (κ1) is 9.50. The Morgan fingerprint density at radius 2 is 2.17 bits per heavy atom. The van der Waals surface area contributed by atoms with Crippen LogP contribution in [0.15, 0.2) is 0 Å². The van der Waals surface area contributed by atoms with Gasteiger partial charge in [0.2, 0.25) is 0 Å². The number of rotatable bonds is 3. The summed E-state index contributed by atoms with van der Waals surface area (Å²) < 4.78 is 0. The van der Waals surface area contributed by atoms with Gasteiger partial charge in [0.15, 0.2) is 0 Å². The number of piperidine rings is 1. The van der Waals surface area contributed by atoms with E-state index in [0.29, 0.717) is 6.54 Å². The Labute approximate surface area is 74.4 Å². The van der Waals surface area contributed by atoms with Crippen LogP contribution in [0.25, 0.3) is 0 Å². The van der Waals surface area contributed by atoms with Crippen molar-refractivity contribution in [2.45, 2.75) is 12.8 Å². The molecule has 68 valence electrons. The molecule has 1 saturated heterocycles. The molecule has 0 amide bonds. The molecule has 12 heavy (non-hydrogen) atoms. The fourth-order valence-corrected chi connectivity index (χ4v) is 1.60. The third-order valence-corrected chi connectivity index (χ3v) is 2.48. The Kier molecular flexibility index (Phi) is 4.06. The Hall–Kier alpha value is -0.590. The quantitative estimate of drug-likeness (QED) is 0.490. The number of hydrogen-bond donors (Lipinski definition) is 1. The molecule has 0 spiro atoms. The van der Waals surface area contributed by atoms with E-state index in [1.54, 1.807) is 0 Å². The highest BCUT2D eigenvalue weighted by Crippen LogP contribution is 2.14. The minimum absolute atomic E-state index is 0.492. The van der Waals surface area contributed by atoms with Crippen LogP contribution in [0.5, 0.6) is 0 Å². The maximum absolute atomic E-state index is 8.32. The Balaban J connectivity index is 2.06. The second kappa shape index (κ2) is 5.13. The maximum atomic E-state index is 8.32. The fourth-order valence-electron chi connectivity index (χ4n) is 1.60. The standard InChI is InChI=1S/C9H17N3/c1-12-6-2-9(3-7-12)8-11-5-4-10/h9,11H,2-3,5-8H2,1H3. The molecule has 0 aliphatic carbocycles. The van der Waals surface area contributed by atoms with E-state index in [-0.39, 0.29) is 0 Å². The summed E-state index contributed by atoms with van der Waals surface area (Å²) in [6, 6.07) is 2.09. The first-order valence-electron chi connectivity index (χ1n) is 4.59. The summed E-state index contributed by atoms with van der Waals surface area (Å²) in [4.78, 5) is 2.36. The van der Waals surface area contributed by atoms with Crippen LogP contribution in [0.1, 0.15) is 12.8 Å². The van der Waals surface area contributed by atoms with Gasteiger partial charge in [0.25, 0.3) is 0 Å². The highest BCUT2D eigenvalue weighted by Gasteiger charge is 2.15. The van der Waals surface area contributed by atoms with Crippen molar-refractivity contribution < 1.29 is 0 Å². The summed E-state index contributed by atoms with van der Waals surface area (Å²) in [6.45, 7) is 3.92. The van der Waals surface area contributed by atoms with E-state index in [0.717, 1.165) is 12.5 Å². The molecule has 0 aromatic heterocycles. The van der Waals surface area contributed by atoms with Gasteiger partial charge < -0.3 is 10.2 Å². The lowest BCUT2D eigenvalue weighted by Gasteiger charge is -2.28. The van der Waals surface area contributed by atoms with Crippen LogP contribution in [0, 0.1) is 17.2 Å². The van der Waals surface area contributed by atoms with E-state index in [2.05, 4.69) is 23.3 Å². The molecule has 1 rings (SSSR count). The number of hydrogen-bond acceptors (Lipinski definition) is 3. The van der Waals surface area contributed by atoms with E-state index >= 15 is 0 Å². The van der Waals surface area contributed by atoms with Gasteiger partial charge in [-0.1, -0.05) is 0 Å². The predicted molar refractivity (Wildman–Crippen MR) is 48.7 cm³/mol. The van der Waals surface area contributed by atoms with Crippen molar-refractivity contribution in [2.24, 2.45) is 5.92 Å². The molecule has 1 N–H and O–H groups in total. The van der Waals surface area contributed by atoms with Crippen LogP contribution in [0.4, 0.5) is 0 Å². The van der Waals surface area contributed by atoms with Gasteiger partial charge >= 0.3 is 0 Å². The third-order valence-electron chi connectivity index (χ3n) is 2.48. The minimum Gasteiger partial charge on any atom is -0.306 e. The lowest BCUT2D eigenvalue weighted by Crippen LogP contribution is -2.35. The molecule has 0 atom stereocenters. The monoisotopic (exact) mass is 167 g/mol. The van der Waals surface area contributed by atoms with Crippen molar-refractivity contribution >= 4 is 0 Å². The van der Waals surface area contributed by atoms with Gasteiger partial charge in [-0.25, -0.2) is 0 Å². The predicted octanol–water partition coefficient (Wildman–Crippen LogP) is 0.441. The van der Waals surface area contributed by atoms with E-state index < -0.39 is 0 Å². The average molecular weight is 167 g/mol. The van der Waals surface area contributed by atoms with E-state index in [1.807, 2.05) is 0 Å². The molecule has 0 aromatic rings. The zero-order valence-electron chi connectivity index (χ0n) is 7.71. The summed E-state index contributed by atoms with van der Waals surface area (Å²) in [5, 5.41) is 11.5. The van der Waals surface area contributed by atoms with Crippen molar-refractivity contribution in [3.05, 3.63) is 0 Å². The third kappa shape index (κ3) is 3.21. The Bertz CT molecular complexity index is 154. The smallest absolute Gasteiger partial charge is 0.0841 e. The van der Waals surface area contributed by atoms with Crippen LogP contribution in [0.2, 0.25) is 0 Å². The molecule has 0 unspecified atom stereocenters. The lowest BCUT2D eigenvalue weighted by molar-refractivity contribution is 0.217. The zero-order valence-corrected chi connectivity index (χ0v) is 7.71.